The number of hydrogen-bond donors (Lipinski definition) is 1. The van der Waals surface area contributed by atoms with Crippen molar-refractivity contribution >= 4 is 5.65 Å². The van der Waals surface area contributed by atoms with Crippen molar-refractivity contribution < 1.29 is 18.3 Å². The number of fused-ring (bicyclic) bond motifs is 1. The molecule has 4 aromatic rings. The van der Waals surface area contributed by atoms with Crippen molar-refractivity contribution in [2.75, 3.05) is 0 Å². The topological polar surface area (TPSA) is 68.2 Å². The minimum atomic E-state index is -2.59. The quantitative estimate of drug-likeness (QED) is 0.551. The molecule has 0 saturated heterocycles. The van der Waals surface area contributed by atoms with Crippen LogP contribution >= 0.6 is 0 Å². The van der Waals surface area contributed by atoms with Crippen LogP contribution in [0.15, 0.2) is 48.9 Å². The zero-order valence-electron chi connectivity index (χ0n) is 15.7. The highest BCUT2D eigenvalue weighted by Crippen LogP contribution is 2.31. The number of aromatic nitrogens is 5. The number of aliphatic hydroxyl groups is 1. The van der Waals surface area contributed by atoms with E-state index in [0.717, 1.165) is 0 Å². The minimum Gasteiger partial charge on any atom is -0.384 e. The van der Waals surface area contributed by atoms with Gasteiger partial charge in [0.05, 0.1) is 36.2 Å². The highest BCUT2D eigenvalue weighted by molar-refractivity contribution is 5.77. The Balaban J connectivity index is 1.93. The van der Waals surface area contributed by atoms with Gasteiger partial charge in [-0.2, -0.15) is 5.10 Å². The van der Waals surface area contributed by atoms with Crippen molar-refractivity contribution in [2.45, 2.75) is 32.4 Å². The maximum Gasteiger partial charge on any atom is 0.256 e. The van der Waals surface area contributed by atoms with Gasteiger partial charge in [0.1, 0.15) is 17.1 Å². The molecule has 4 rings (SSSR count). The van der Waals surface area contributed by atoms with E-state index in [1.807, 2.05) is 0 Å². The molecule has 9 heteroatoms. The molecule has 29 heavy (non-hydrogen) atoms. The normalized spacial score (nSPS) is 12.2. The van der Waals surface area contributed by atoms with Crippen LogP contribution in [0, 0.1) is 5.82 Å². The molecule has 0 spiro atoms. The third-order valence-corrected chi connectivity index (χ3v) is 4.52. The highest BCUT2D eigenvalue weighted by Gasteiger charge is 2.24. The van der Waals surface area contributed by atoms with Crippen LogP contribution in [0.5, 0.6) is 0 Å². The molecule has 1 aromatic carbocycles. The smallest absolute Gasteiger partial charge is 0.256 e. The Kier molecular flexibility index (Phi) is 4.62. The van der Waals surface area contributed by atoms with Gasteiger partial charge in [0.25, 0.3) is 6.43 Å². The van der Waals surface area contributed by atoms with Crippen molar-refractivity contribution in [3.05, 3.63) is 60.4 Å². The van der Waals surface area contributed by atoms with Crippen molar-refractivity contribution in [1.29, 1.82) is 0 Å². The second kappa shape index (κ2) is 7.00. The second-order valence-corrected chi connectivity index (χ2v) is 7.18. The number of alkyl halides is 2. The first-order chi connectivity index (χ1) is 13.7. The molecule has 0 aliphatic heterocycles. The summed E-state index contributed by atoms with van der Waals surface area (Å²) in [6, 6.07) is 8.97. The predicted molar refractivity (Wildman–Crippen MR) is 101 cm³/mol. The third-order valence-electron chi connectivity index (χ3n) is 4.52. The van der Waals surface area contributed by atoms with Gasteiger partial charge in [0.2, 0.25) is 0 Å². The molecule has 0 radical (unpaired) electrons. The van der Waals surface area contributed by atoms with Crippen molar-refractivity contribution in [3.63, 3.8) is 0 Å². The summed E-state index contributed by atoms with van der Waals surface area (Å²) in [5.74, 6) is -0.407. The molecule has 0 saturated carbocycles. The van der Waals surface area contributed by atoms with Crippen LogP contribution in [0.25, 0.3) is 28.3 Å². The van der Waals surface area contributed by atoms with Crippen LogP contribution in [0.1, 0.15) is 19.5 Å². The summed E-state index contributed by atoms with van der Waals surface area (Å²) in [6.45, 7) is 2.65. The molecule has 0 aliphatic carbocycles. The van der Waals surface area contributed by atoms with E-state index < -0.39 is 24.4 Å². The second-order valence-electron chi connectivity index (χ2n) is 7.18. The molecule has 150 valence electrons. The standard InChI is InChI=1S/C20H18F3N5O/c1-20(2,29)15-9-24-17-8-7-14(26-28(15)17)19-18(12-3-5-13(21)6-4-12)25-11-27(19)10-16(22)23/h3-9,11,16,29H,10H2,1-2H3. The first-order valence-corrected chi connectivity index (χ1v) is 8.91. The summed E-state index contributed by atoms with van der Waals surface area (Å²) in [5.41, 5.74) is 1.49. The van der Waals surface area contributed by atoms with Crippen LogP contribution in [-0.4, -0.2) is 35.7 Å². The fraction of sp³-hybridized carbons (Fsp3) is 0.250. The average molecular weight is 401 g/mol. The molecule has 3 heterocycles. The van der Waals surface area contributed by atoms with Crippen LogP contribution in [0.4, 0.5) is 13.2 Å². The lowest BCUT2D eigenvalue weighted by atomic mass is 10.1. The Labute approximate surface area is 164 Å². The lowest BCUT2D eigenvalue weighted by molar-refractivity contribution is 0.0718. The largest absolute Gasteiger partial charge is 0.384 e. The Morgan fingerprint density at radius 1 is 1.07 bits per heavy atom. The van der Waals surface area contributed by atoms with Crippen LogP contribution < -0.4 is 0 Å². The third kappa shape index (κ3) is 3.61. The summed E-state index contributed by atoms with van der Waals surface area (Å²) in [4.78, 5) is 8.50. The monoisotopic (exact) mass is 401 g/mol. The van der Waals surface area contributed by atoms with Crippen molar-refractivity contribution in [1.82, 2.24) is 24.1 Å². The number of imidazole rings is 2. The summed E-state index contributed by atoms with van der Waals surface area (Å²) >= 11 is 0. The van der Waals surface area contributed by atoms with Gasteiger partial charge in [-0.05, 0) is 50.2 Å². The van der Waals surface area contributed by atoms with Gasteiger partial charge in [-0.25, -0.2) is 27.7 Å². The number of rotatable bonds is 5. The Hall–Kier alpha value is -3.20. The van der Waals surface area contributed by atoms with Crippen LogP contribution in [0.3, 0.4) is 0 Å². The van der Waals surface area contributed by atoms with E-state index in [4.69, 9.17) is 0 Å². The van der Waals surface area contributed by atoms with E-state index in [-0.39, 0.29) is 0 Å². The minimum absolute atomic E-state index is 0.370. The number of hydrogen-bond acceptors (Lipinski definition) is 4. The lowest BCUT2D eigenvalue weighted by Crippen LogP contribution is -2.19. The van der Waals surface area contributed by atoms with E-state index in [2.05, 4.69) is 15.1 Å². The first-order valence-electron chi connectivity index (χ1n) is 8.91. The van der Waals surface area contributed by atoms with Gasteiger partial charge in [-0.1, -0.05) is 0 Å². The molecule has 6 nitrogen and oxygen atoms in total. The molecule has 3 aromatic heterocycles. The number of benzene rings is 1. The summed E-state index contributed by atoms with van der Waals surface area (Å²) in [7, 11) is 0. The van der Waals surface area contributed by atoms with Crippen molar-refractivity contribution in [3.8, 4) is 22.6 Å². The molecule has 0 fully saturated rings. The van der Waals surface area contributed by atoms with Gasteiger partial charge >= 0.3 is 0 Å². The fourth-order valence-electron chi connectivity index (χ4n) is 3.17. The SMILES string of the molecule is CC(C)(O)c1cnc2ccc(-c3c(-c4ccc(F)cc4)ncn3CC(F)F)nn12. The predicted octanol–water partition coefficient (Wildman–Crippen LogP) is 3.89. The Morgan fingerprint density at radius 2 is 1.79 bits per heavy atom. The maximum absolute atomic E-state index is 13.3. The van der Waals surface area contributed by atoms with Gasteiger partial charge < -0.3 is 9.67 Å². The Bertz CT molecular complexity index is 1160. The van der Waals surface area contributed by atoms with Gasteiger partial charge in [0, 0.05) is 5.56 Å². The highest BCUT2D eigenvalue weighted by atomic mass is 19.3. The number of nitrogens with zero attached hydrogens (tertiary/aromatic N) is 5. The molecule has 1 N–H and O–H groups in total. The number of halogens is 3. The molecular formula is C20H18F3N5O. The van der Waals surface area contributed by atoms with Crippen LogP contribution in [0.2, 0.25) is 0 Å². The zero-order valence-corrected chi connectivity index (χ0v) is 15.7. The van der Waals surface area contributed by atoms with Crippen molar-refractivity contribution in [2.24, 2.45) is 0 Å². The average Bonchev–Trinajstić information content (AvgIpc) is 3.25. The first kappa shape index (κ1) is 19.1. The van der Waals surface area contributed by atoms with E-state index in [1.165, 1.54) is 45.9 Å². The summed E-state index contributed by atoms with van der Waals surface area (Å²) in [5, 5.41) is 14.9. The lowest BCUT2D eigenvalue weighted by Gasteiger charge is -2.16. The molecule has 0 atom stereocenters. The van der Waals surface area contributed by atoms with E-state index in [1.54, 1.807) is 26.0 Å². The van der Waals surface area contributed by atoms with Gasteiger partial charge in [0.15, 0.2) is 5.65 Å². The maximum atomic E-state index is 13.3. The zero-order chi connectivity index (χ0) is 20.8. The van der Waals surface area contributed by atoms with Crippen LogP contribution in [-0.2, 0) is 12.1 Å². The van der Waals surface area contributed by atoms with Gasteiger partial charge in [-0.15, -0.1) is 0 Å². The molecular weight excluding hydrogens is 383 g/mol. The summed E-state index contributed by atoms with van der Waals surface area (Å²) < 4.78 is 42.4. The molecule has 0 unspecified atom stereocenters. The Morgan fingerprint density at radius 3 is 2.45 bits per heavy atom. The molecule has 0 bridgehead atoms. The van der Waals surface area contributed by atoms with Gasteiger partial charge in [-0.3, -0.25) is 0 Å². The van der Waals surface area contributed by atoms with E-state index in [0.29, 0.717) is 34.0 Å². The van der Waals surface area contributed by atoms with E-state index in [9.17, 15) is 18.3 Å². The summed E-state index contributed by atoms with van der Waals surface area (Å²) in [6.07, 6.45) is 0.244. The fourth-order valence-corrected chi connectivity index (χ4v) is 3.17. The van der Waals surface area contributed by atoms with E-state index >= 15 is 0 Å². The molecule has 0 amide bonds. The molecule has 0 aliphatic rings.